The Hall–Kier alpha value is -3.95. The van der Waals surface area contributed by atoms with Crippen LogP contribution in [0.1, 0.15) is 15.9 Å². The molecule has 0 aromatic heterocycles. The number of carbonyl (C=O) groups excluding carboxylic acids is 2. The number of halogens is 2. The number of hydrogen-bond acceptors (Lipinski definition) is 3. The first kappa shape index (κ1) is 20.8. The van der Waals surface area contributed by atoms with Gasteiger partial charge in [0, 0.05) is 16.3 Å². The molecular weight excluding hydrogens is 405 g/mol. The fourth-order valence-electron chi connectivity index (χ4n) is 2.58. The van der Waals surface area contributed by atoms with E-state index in [1.807, 2.05) is 6.07 Å². The number of nitriles is 1. The van der Waals surface area contributed by atoms with E-state index in [9.17, 15) is 19.2 Å². The highest BCUT2D eigenvalue weighted by atomic mass is 35.5. The van der Waals surface area contributed by atoms with Gasteiger partial charge in [-0.05, 0) is 60.2 Å². The van der Waals surface area contributed by atoms with Crippen molar-refractivity contribution in [3.8, 4) is 6.07 Å². The van der Waals surface area contributed by atoms with Crippen LogP contribution in [0.4, 0.5) is 15.8 Å². The van der Waals surface area contributed by atoms with Crippen LogP contribution in [-0.4, -0.2) is 11.8 Å². The topological polar surface area (TPSA) is 82.0 Å². The minimum atomic E-state index is -0.738. The Balaban J connectivity index is 1.76. The second-order valence-corrected chi connectivity index (χ2v) is 6.63. The third kappa shape index (κ3) is 5.31. The molecule has 0 atom stereocenters. The molecule has 148 valence electrons. The highest BCUT2D eigenvalue weighted by Gasteiger charge is 2.12. The van der Waals surface area contributed by atoms with Gasteiger partial charge in [0.15, 0.2) is 0 Å². The van der Waals surface area contributed by atoms with Crippen LogP contribution >= 0.6 is 11.6 Å². The van der Waals surface area contributed by atoms with Crippen molar-refractivity contribution in [2.45, 2.75) is 0 Å². The maximum absolute atomic E-state index is 13.7. The molecule has 0 unspecified atom stereocenters. The van der Waals surface area contributed by atoms with Crippen molar-refractivity contribution in [3.05, 3.63) is 100 Å². The van der Waals surface area contributed by atoms with Gasteiger partial charge >= 0.3 is 0 Å². The summed E-state index contributed by atoms with van der Waals surface area (Å²) in [7, 11) is 0. The zero-order valence-corrected chi connectivity index (χ0v) is 16.3. The molecule has 0 heterocycles. The summed E-state index contributed by atoms with van der Waals surface area (Å²) >= 11 is 5.83. The maximum atomic E-state index is 13.7. The number of benzene rings is 3. The standard InChI is InChI=1S/C23H15ClFN3O2/c24-18-10-8-16(9-11-18)22(29)27-19-5-3-4-15(13-19)12-17(14-26)23(30)28-21-7-2-1-6-20(21)25/h1-13H,(H,27,29)(H,28,30)/b17-12+. The van der Waals surface area contributed by atoms with E-state index in [1.54, 1.807) is 54.6 Å². The minimum absolute atomic E-state index is 0.0207. The second kappa shape index (κ2) is 9.50. The number of hydrogen-bond donors (Lipinski definition) is 2. The number of carbonyl (C=O) groups is 2. The summed E-state index contributed by atoms with van der Waals surface area (Å²) < 4.78 is 13.7. The number of nitrogens with zero attached hydrogens (tertiary/aromatic N) is 1. The van der Waals surface area contributed by atoms with Gasteiger partial charge in [-0.25, -0.2) is 4.39 Å². The van der Waals surface area contributed by atoms with Crippen molar-refractivity contribution < 1.29 is 14.0 Å². The van der Waals surface area contributed by atoms with Gasteiger partial charge in [-0.2, -0.15) is 5.26 Å². The largest absolute Gasteiger partial charge is 0.322 e. The molecule has 5 nitrogen and oxygen atoms in total. The molecule has 0 spiro atoms. The van der Waals surface area contributed by atoms with Crippen LogP contribution in [0, 0.1) is 17.1 Å². The molecule has 0 aliphatic carbocycles. The van der Waals surface area contributed by atoms with Crippen molar-refractivity contribution in [2.75, 3.05) is 10.6 Å². The van der Waals surface area contributed by atoms with Gasteiger partial charge in [0.25, 0.3) is 11.8 Å². The predicted molar refractivity (Wildman–Crippen MR) is 114 cm³/mol. The predicted octanol–water partition coefficient (Wildman–Crippen LogP) is 5.28. The summed E-state index contributed by atoms with van der Waals surface area (Å²) in [5.74, 6) is -1.67. The van der Waals surface area contributed by atoms with E-state index in [0.717, 1.165) is 0 Å². The molecule has 3 rings (SSSR count). The number of para-hydroxylation sites is 1. The lowest BCUT2D eigenvalue weighted by molar-refractivity contribution is -0.112. The van der Waals surface area contributed by atoms with Gasteiger partial charge in [0.2, 0.25) is 0 Å². The molecular formula is C23H15ClFN3O2. The zero-order chi connectivity index (χ0) is 21.5. The summed E-state index contributed by atoms with van der Waals surface area (Å²) in [4.78, 5) is 24.7. The van der Waals surface area contributed by atoms with E-state index in [2.05, 4.69) is 10.6 Å². The smallest absolute Gasteiger partial charge is 0.266 e. The molecule has 30 heavy (non-hydrogen) atoms. The lowest BCUT2D eigenvalue weighted by atomic mass is 10.1. The fourth-order valence-corrected chi connectivity index (χ4v) is 2.70. The van der Waals surface area contributed by atoms with Crippen LogP contribution < -0.4 is 10.6 Å². The van der Waals surface area contributed by atoms with E-state index in [4.69, 9.17) is 11.6 Å². The number of amides is 2. The van der Waals surface area contributed by atoms with Crippen LogP contribution in [0.25, 0.3) is 6.08 Å². The SMILES string of the molecule is N#C/C(=C\c1cccc(NC(=O)c2ccc(Cl)cc2)c1)C(=O)Nc1ccccc1F. The molecule has 0 radical (unpaired) electrons. The van der Waals surface area contributed by atoms with E-state index in [-0.39, 0.29) is 17.2 Å². The molecule has 0 bridgehead atoms. The van der Waals surface area contributed by atoms with Crippen molar-refractivity contribution >= 4 is 40.9 Å². The Kier molecular flexibility index (Phi) is 6.58. The summed E-state index contributed by atoms with van der Waals surface area (Å²) in [6, 6.07) is 20.5. The van der Waals surface area contributed by atoms with Crippen LogP contribution in [0.15, 0.2) is 78.4 Å². The van der Waals surface area contributed by atoms with E-state index in [1.165, 1.54) is 24.3 Å². The van der Waals surface area contributed by atoms with Gasteiger partial charge in [0.05, 0.1) is 5.69 Å². The van der Waals surface area contributed by atoms with E-state index >= 15 is 0 Å². The van der Waals surface area contributed by atoms with Crippen LogP contribution in [0.2, 0.25) is 5.02 Å². The van der Waals surface area contributed by atoms with Gasteiger partial charge in [-0.15, -0.1) is 0 Å². The second-order valence-electron chi connectivity index (χ2n) is 6.19. The van der Waals surface area contributed by atoms with Crippen molar-refractivity contribution in [1.82, 2.24) is 0 Å². The highest BCUT2D eigenvalue weighted by Crippen LogP contribution is 2.18. The molecule has 0 saturated heterocycles. The van der Waals surface area contributed by atoms with Crippen molar-refractivity contribution in [3.63, 3.8) is 0 Å². The molecule has 2 N–H and O–H groups in total. The molecule has 3 aromatic rings. The average molecular weight is 420 g/mol. The van der Waals surface area contributed by atoms with Crippen molar-refractivity contribution in [2.24, 2.45) is 0 Å². The number of anilines is 2. The Morgan fingerprint density at radius 1 is 0.967 bits per heavy atom. The zero-order valence-electron chi connectivity index (χ0n) is 15.5. The lowest BCUT2D eigenvalue weighted by Crippen LogP contribution is -2.14. The Morgan fingerprint density at radius 2 is 1.70 bits per heavy atom. The molecule has 2 amide bonds. The third-order valence-electron chi connectivity index (χ3n) is 4.05. The van der Waals surface area contributed by atoms with Gasteiger partial charge in [-0.3, -0.25) is 9.59 Å². The molecule has 3 aromatic carbocycles. The summed E-state index contributed by atoms with van der Waals surface area (Å²) in [6.07, 6.45) is 1.36. The van der Waals surface area contributed by atoms with Gasteiger partial charge < -0.3 is 10.6 Å². The first-order valence-corrected chi connectivity index (χ1v) is 9.19. The highest BCUT2D eigenvalue weighted by molar-refractivity contribution is 6.30. The van der Waals surface area contributed by atoms with Crippen molar-refractivity contribution in [1.29, 1.82) is 5.26 Å². The minimum Gasteiger partial charge on any atom is -0.322 e. The monoisotopic (exact) mass is 419 g/mol. The average Bonchev–Trinajstić information content (AvgIpc) is 2.74. The Labute approximate surface area is 177 Å². The molecule has 0 saturated carbocycles. The van der Waals surface area contributed by atoms with Crippen LogP contribution in [0.3, 0.4) is 0 Å². The molecule has 0 fully saturated rings. The number of nitrogens with one attached hydrogen (secondary N) is 2. The van der Waals surface area contributed by atoms with E-state index < -0.39 is 11.7 Å². The summed E-state index contributed by atoms with van der Waals surface area (Å²) in [5.41, 5.74) is 1.20. The van der Waals surface area contributed by atoms with Gasteiger partial charge in [0.1, 0.15) is 17.5 Å². The fraction of sp³-hybridized carbons (Fsp3) is 0. The van der Waals surface area contributed by atoms with Crippen LogP contribution in [0.5, 0.6) is 0 Å². The third-order valence-corrected chi connectivity index (χ3v) is 4.30. The van der Waals surface area contributed by atoms with Gasteiger partial charge in [-0.1, -0.05) is 35.9 Å². The van der Waals surface area contributed by atoms with E-state index in [0.29, 0.717) is 21.8 Å². The first-order chi connectivity index (χ1) is 14.5. The summed E-state index contributed by atoms with van der Waals surface area (Å²) in [5, 5.41) is 15.0. The van der Waals surface area contributed by atoms with Crippen LogP contribution in [-0.2, 0) is 4.79 Å². The lowest BCUT2D eigenvalue weighted by Gasteiger charge is -2.07. The maximum Gasteiger partial charge on any atom is 0.266 e. The quantitative estimate of drug-likeness (QED) is 0.436. The normalized spacial score (nSPS) is 10.8. The molecule has 0 aliphatic heterocycles. The Bertz CT molecular complexity index is 1170. The number of rotatable bonds is 5. The molecule has 7 heteroatoms. The Morgan fingerprint density at radius 3 is 2.40 bits per heavy atom. The summed E-state index contributed by atoms with van der Waals surface area (Å²) in [6.45, 7) is 0. The first-order valence-electron chi connectivity index (χ1n) is 8.81. The molecule has 0 aliphatic rings.